The van der Waals surface area contributed by atoms with E-state index < -0.39 is 0 Å². The number of piperidine rings is 1. The molecule has 0 bridgehead atoms. The van der Waals surface area contributed by atoms with E-state index >= 15 is 0 Å². The highest BCUT2D eigenvalue weighted by atomic mass is 35.5. The Balaban J connectivity index is 1.13. The number of carbonyl (C=O) groups excluding carboxylic acids is 2. The number of likely N-dealkylation sites (tertiary alicyclic amines) is 1. The fourth-order valence-electron chi connectivity index (χ4n) is 5.37. The van der Waals surface area contributed by atoms with Gasteiger partial charge in [0.05, 0.1) is 6.10 Å². The number of aryl methyl sites for hydroxylation is 2. The van der Waals surface area contributed by atoms with Gasteiger partial charge in [0.1, 0.15) is 5.75 Å². The van der Waals surface area contributed by atoms with Crippen molar-refractivity contribution in [1.82, 2.24) is 10.2 Å². The SMILES string of the molecule is Cc1cc(C2CCN(CCCCNC(=O)c3ccc(NC(=O)c4ccc(Cl)cc4)cc3)CC2)c(C)cc1OC(C)C. The number of nitrogens with one attached hydrogen (secondary N) is 2. The second kappa shape index (κ2) is 14.5. The van der Waals surface area contributed by atoms with E-state index in [4.69, 9.17) is 16.3 Å². The molecule has 0 unspecified atom stereocenters. The van der Waals surface area contributed by atoms with Crippen LogP contribution in [0.2, 0.25) is 5.02 Å². The number of ether oxygens (including phenoxy) is 1. The quantitative estimate of drug-likeness (QED) is 0.234. The van der Waals surface area contributed by atoms with Crippen molar-refractivity contribution in [2.24, 2.45) is 0 Å². The number of hydrogen-bond acceptors (Lipinski definition) is 4. The number of unbranched alkanes of at least 4 members (excludes halogenated alkanes) is 1. The van der Waals surface area contributed by atoms with Crippen LogP contribution in [0.1, 0.15) is 82.9 Å². The van der Waals surface area contributed by atoms with E-state index in [0.717, 1.165) is 38.2 Å². The van der Waals surface area contributed by atoms with Gasteiger partial charge in [0, 0.05) is 28.4 Å². The molecule has 4 rings (SSSR count). The Bertz CT molecular complexity index is 1310. The van der Waals surface area contributed by atoms with Gasteiger partial charge in [-0.05, 0) is 150 Å². The highest BCUT2D eigenvalue weighted by Crippen LogP contribution is 2.34. The topological polar surface area (TPSA) is 70.7 Å². The number of rotatable bonds is 11. The molecule has 1 heterocycles. The fourth-order valence-corrected chi connectivity index (χ4v) is 5.50. The molecule has 1 aliphatic heterocycles. The van der Waals surface area contributed by atoms with Crippen LogP contribution in [0.15, 0.2) is 60.7 Å². The minimum Gasteiger partial charge on any atom is -0.491 e. The van der Waals surface area contributed by atoms with Gasteiger partial charge in [-0.3, -0.25) is 9.59 Å². The second-order valence-electron chi connectivity index (χ2n) is 11.3. The third-order valence-corrected chi connectivity index (χ3v) is 7.90. The number of anilines is 1. The van der Waals surface area contributed by atoms with Gasteiger partial charge in [0.15, 0.2) is 0 Å². The van der Waals surface area contributed by atoms with Crippen LogP contribution < -0.4 is 15.4 Å². The molecule has 0 aromatic heterocycles. The van der Waals surface area contributed by atoms with Crippen LogP contribution in [0, 0.1) is 13.8 Å². The summed E-state index contributed by atoms with van der Waals surface area (Å²) in [5.74, 6) is 1.28. The zero-order valence-corrected chi connectivity index (χ0v) is 25.4. The lowest BCUT2D eigenvalue weighted by molar-refractivity contribution is 0.0951. The summed E-state index contributed by atoms with van der Waals surface area (Å²) in [5.41, 5.74) is 5.75. The van der Waals surface area contributed by atoms with Gasteiger partial charge in [0.2, 0.25) is 0 Å². The Kier molecular flexibility index (Phi) is 10.8. The monoisotopic (exact) mass is 575 g/mol. The number of benzene rings is 3. The molecule has 0 spiro atoms. The van der Waals surface area contributed by atoms with Crippen molar-refractivity contribution in [3.8, 4) is 5.75 Å². The predicted octanol–water partition coefficient (Wildman–Crippen LogP) is 7.39. The molecule has 0 aliphatic carbocycles. The summed E-state index contributed by atoms with van der Waals surface area (Å²) in [5, 5.41) is 6.43. The predicted molar refractivity (Wildman–Crippen MR) is 168 cm³/mol. The molecule has 0 saturated carbocycles. The molecule has 41 heavy (non-hydrogen) atoms. The van der Waals surface area contributed by atoms with Crippen molar-refractivity contribution in [3.63, 3.8) is 0 Å². The summed E-state index contributed by atoms with van der Waals surface area (Å²) in [6.07, 6.45) is 4.54. The number of halogens is 1. The lowest BCUT2D eigenvalue weighted by atomic mass is 9.85. The van der Waals surface area contributed by atoms with E-state index in [0.29, 0.717) is 34.3 Å². The summed E-state index contributed by atoms with van der Waals surface area (Å²) in [7, 11) is 0. The van der Waals surface area contributed by atoms with Crippen LogP contribution in [0.25, 0.3) is 0 Å². The number of carbonyl (C=O) groups is 2. The molecule has 3 aromatic carbocycles. The minimum absolute atomic E-state index is 0.100. The van der Waals surface area contributed by atoms with Crippen molar-refractivity contribution < 1.29 is 14.3 Å². The van der Waals surface area contributed by atoms with E-state index in [1.165, 1.54) is 29.5 Å². The molecule has 2 amide bonds. The van der Waals surface area contributed by atoms with E-state index in [-0.39, 0.29) is 17.9 Å². The van der Waals surface area contributed by atoms with Gasteiger partial charge < -0.3 is 20.3 Å². The molecule has 1 fully saturated rings. The van der Waals surface area contributed by atoms with Crippen LogP contribution in [-0.4, -0.2) is 49.0 Å². The highest BCUT2D eigenvalue weighted by molar-refractivity contribution is 6.30. The van der Waals surface area contributed by atoms with Crippen LogP contribution in [0.5, 0.6) is 5.75 Å². The van der Waals surface area contributed by atoms with Crippen LogP contribution >= 0.6 is 11.6 Å². The zero-order valence-electron chi connectivity index (χ0n) is 24.6. The van der Waals surface area contributed by atoms with Crippen molar-refractivity contribution in [3.05, 3.63) is 93.5 Å². The molecule has 0 radical (unpaired) electrons. The van der Waals surface area contributed by atoms with Gasteiger partial charge in [0.25, 0.3) is 11.8 Å². The number of nitrogens with zero attached hydrogens (tertiary/aromatic N) is 1. The van der Waals surface area contributed by atoms with Gasteiger partial charge in [-0.15, -0.1) is 0 Å². The van der Waals surface area contributed by atoms with Gasteiger partial charge in [-0.2, -0.15) is 0 Å². The van der Waals surface area contributed by atoms with E-state index in [1.54, 1.807) is 48.5 Å². The zero-order chi connectivity index (χ0) is 29.4. The largest absolute Gasteiger partial charge is 0.491 e. The smallest absolute Gasteiger partial charge is 0.255 e. The Morgan fingerprint density at radius 2 is 1.54 bits per heavy atom. The van der Waals surface area contributed by atoms with Crippen molar-refractivity contribution in [2.45, 2.75) is 65.4 Å². The first-order valence-electron chi connectivity index (χ1n) is 14.6. The highest BCUT2D eigenvalue weighted by Gasteiger charge is 2.22. The van der Waals surface area contributed by atoms with E-state index in [9.17, 15) is 9.59 Å². The normalized spacial score (nSPS) is 14.2. The first-order chi connectivity index (χ1) is 19.7. The van der Waals surface area contributed by atoms with Crippen LogP contribution in [-0.2, 0) is 0 Å². The lowest BCUT2D eigenvalue weighted by Gasteiger charge is -2.33. The molecule has 1 aliphatic rings. The first-order valence-corrected chi connectivity index (χ1v) is 15.0. The van der Waals surface area contributed by atoms with Gasteiger partial charge in [-0.25, -0.2) is 0 Å². The van der Waals surface area contributed by atoms with E-state index in [2.05, 4.69) is 55.4 Å². The molecule has 7 heteroatoms. The molecule has 1 saturated heterocycles. The maximum atomic E-state index is 12.6. The van der Waals surface area contributed by atoms with Crippen LogP contribution in [0.3, 0.4) is 0 Å². The van der Waals surface area contributed by atoms with Crippen LogP contribution in [0.4, 0.5) is 5.69 Å². The molecule has 0 atom stereocenters. The Labute approximate surface area is 249 Å². The number of hydrogen-bond donors (Lipinski definition) is 2. The molecular weight excluding hydrogens is 534 g/mol. The first kappa shape index (κ1) is 30.6. The van der Waals surface area contributed by atoms with Crippen molar-refractivity contribution in [2.75, 3.05) is 31.5 Å². The summed E-state index contributed by atoms with van der Waals surface area (Å²) in [6, 6.07) is 18.2. The maximum Gasteiger partial charge on any atom is 0.255 e. The minimum atomic E-state index is -0.223. The van der Waals surface area contributed by atoms with Gasteiger partial charge >= 0.3 is 0 Å². The van der Waals surface area contributed by atoms with E-state index in [1.807, 2.05) is 0 Å². The average molecular weight is 576 g/mol. The maximum absolute atomic E-state index is 12.6. The van der Waals surface area contributed by atoms with Gasteiger partial charge in [-0.1, -0.05) is 17.7 Å². The summed E-state index contributed by atoms with van der Waals surface area (Å²) in [6.45, 7) is 12.4. The fraction of sp³-hybridized carbons (Fsp3) is 0.412. The summed E-state index contributed by atoms with van der Waals surface area (Å²) < 4.78 is 5.97. The Morgan fingerprint density at radius 1 is 0.902 bits per heavy atom. The lowest BCUT2D eigenvalue weighted by Crippen LogP contribution is -2.34. The molecule has 2 N–H and O–H groups in total. The standard InChI is InChI=1S/C34H42ClN3O3/c1-23(2)41-32-22-24(3)31(21-25(32)4)26-15-19-38(20-16-26)18-6-5-17-36-33(39)27-9-13-30(14-10-27)37-34(40)28-7-11-29(35)12-8-28/h7-14,21-23,26H,5-6,15-20H2,1-4H3,(H,36,39)(H,37,40). The second-order valence-corrected chi connectivity index (χ2v) is 11.7. The third-order valence-electron chi connectivity index (χ3n) is 7.65. The van der Waals surface area contributed by atoms with Crippen molar-refractivity contribution >= 4 is 29.1 Å². The Hall–Kier alpha value is -3.35. The summed E-state index contributed by atoms with van der Waals surface area (Å²) in [4.78, 5) is 27.5. The molecule has 3 aromatic rings. The Morgan fingerprint density at radius 3 is 2.20 bits per heavy atom. The summed E-state index contributed by atoms with van der Waals surface area (Å²) >= 11 is 5.88. The average Bonchev–Trinajstić information content (AvgIpc) is 2.95. The number of amides is 2. The molecule has 218 valence electrons. The van der Waals surface area contributed by atoms with Crippen molar-refractivity contribution in [1.29, 1.82) is 0 Å². The molecule has 6 nitrogen and oxygen atoms in total. The third kappa shape index (κ3) is 8.82. The molecular formula is C34H42ClN3O3.